The lowest BCUT2D eigenvalue weighted by Crippen LogP contribution is -2.29. The van der Waals surface area contributed by atoms with Crippen LogP contribution in [0.3, 0.4) is 0 Å². The summed E-state index contributed by atoms with van der Waals surface area (Å²) < 4.78 is 20.0. The molecule has 18 heavy (non-hydrogen) atoms. The second-order valence-electron chi connectivity index (χ2n) is 4.82. The van der Waals surface area contributed by atoms with Crippen molar-refractivity contribution < 1.29 is 8.81 Å². The normalized spacial score (nSPS) is 19.2. The second kappa shape index (κ2) is 4.90. The minimum absolute atomic E-state index is 0.0577. The molecule has 2 heterocycles. The van der Waals surface area contributed by atoms with E-state index in [9.17, 15) is 4.39 Å². The molecule has 2 nitrogen and oxygen atoms in total. The zero-order valence-electron chi connectivity index (χ0n) is 9.96. The van der Waals surface area contributed by atoms with Gasteiger partial charge in [-0.2, -0.15) is 0 Å². The summed E-state index contributed by atoms with van der Waals surface area (Å²) in [5.74, 6) is 0.487. The monoisotopic (exact) mass is 267 g/mol. The van der Waals surface area contributed by atoms with E-state index in [2.05, 4.69) is 5.32 Å². The first kappa shape index (κ1) is 12.0. The van der Waals surface area contributed by atoms with Gasteiger partial charge in [0.2, 0.25) is 0 Å². The van der Waals surface area contributed by atoms with Gasteiger partial charge in [-0.05, 0) is 56.1 Å². The summed E-state index contributed by atoms with van der Waals surface area (Å²) in [6, 6.07) is 7.12. The molecule has 0 spiro atoms. The average Bonchev–Trinajstić information content (AvgIpc) is 2.81. The van der Waals surface area contributed by atoms with Crippen LogP contribution in [0, 0.1) is 5.92 Å². The molecule has 4 heteroatoms. The molecule has 1 aromatic heterocycles. The summed E-state index contributed by atoms with van der Waals surface area (Å²) in [5.41, 5.74) is 0.700. The Labute approximate surface area is 110 Å². The maximum absolute atomic E-state index is 14.4. The Morgan fingerprint density at radius 1 is 1.28 bits per heavy atom. The lowest BCUT2D eigenvalue weighted by molar-refractivity contribution is 0.166. The SMILES string of the molecule is FC(c1cc2cc(Cl)ccc2o1)C1CCNCC1. The van der Waals surface area contributed by atoms with Gasteiger partial charge in [0.15, 0.2) is 6.17 Å². The van der Waals surface area contributed by atoms with Crippen LogP contribution in [-0.2, 0) is 0 Å². The van der Waals surface area contributed by atoms with Gasteiger partial charge in [0.1, 0.15) is 11.3 Å². The molecular weight excluding hydrogens is 253 g/mol. The minimum Gasteiger partial charge on any atom is -0.458 e. The predicted octanol–water partition coefficient (Wildman–Crippen LogP) is 4.10. The van der Waals surface area contributed by atoms with E-state index in [-0.39, 0.29) is 5.92 Å². The molecule has 0 radical (unpaired) electrons. The predicted molar refractivity (Wildman–Crippen MR) is 70.7 cm³/mol. The zero-order valence-corrected chi connectivity index (χ0v) is 10.7. The molecule has 0 saturated carbocycles. The number of rotatable bonds is 2. The van der Waals surface area contributed by atoms with E-state index in [1.807, 2.05) is 0 Å². The highest BCUT2D eigenvalue weighted by Gasteiger charge is 2.27. The van der Waals surface area contributed by atoms with Crippen LogP contribution in [0.4, 0.5) is 4.39 Å². The number of hydrogen-bond donors (Lipinski definition) is 1. The van der Waals surface area contributed by atoms with E-state index in [1.54, 1.807) is 24.3 Å². The third-order valence-electron chi connectivity index (χ3n) is 3.57. The van der Waals surface area contributed by atoms with Crippen LogP contribution in [-0.4, -0.2) is 13.1 Å². The maximum Gasteiger partial charge on any atom is 0.160 e. The molecule has 96 valence electrons. The molecule has 1 unspecified atom stereocenters. The van der Waals surface area contributed by atoms with Crippen molar-refractivity contribution in [1.29, 1.82) is 0 Å². The number of furan rings is 1. The number of benzene rings is 1. The number of nitrogens with one attached hydrogen (secondary N) is 1. The second-order valence-corrected chi connectivity index (χ2v) is 5.26. The Hall–Kier alpha value is -1.06. The lowest BCUT2D eigenvalue weighted by Gasteiger charge is -2.24. The zero-order chi connectivity index (χ0) is 12.5. The van der Waals surface area contributed by atoms with Crippen LogP contribution < -0.4 is 5.32 Å². The lowest BCUT2D eigenvalue weighted by atomic mass is 9.92. The van der Waals surface area contributed by atoms with E-state index in [0.717, 1.165) is 31.3 Å². The molecule has 1 aromatic carbocycles. The standard InChI is InChI=1S/C14H15ClFNO/c15-11-1-2-12-10(7-11)8-13(18-12)14(16)9-3-5-17-6-4-9/h1-2,7-9,14,17H,3-6H2. The van der Waals surface area contributed by atoms with Gasteiger partial charge in [0, 0.05) is 10.4 Å². The van der Waals surface area contributed by atoms with E-state index < -0.39 is 6.17 Å². The van der Waals surface area contributed by atoms with Crippen LogP contribution >= 0.6 is 11.6 Å². The molecule has 0 bridgehead atoms. The third-order valence-corrected chi connectivity index (χ3v) is 3.80. The van der Waals surface area contributed by atoms with Crippen molar-refractivity contribution in [3.8, 4) is 0 Å². The summed E-state index contributed by atoms with van der Waals surface area (Å²) in [6.45, 7) is 1.77. The number of alkyl halides is 1. The number of fused-ring (bicyclic) bond motifs is 1. The third kappa shape index (κ3) is 2.25. The van der Waals surface area contributed by atoms with Crippen molar-refractivity contribution in [2.24, 2.45) is 5.92 Å². The molecule has 2 aromatic rings. The fourth-order valence-corrected chi connectivity index (χ4v) is 2.72. The van der Waals surface area contributed by atoms with Gasteiger partial charge in [-0.3, -0.25) is 0 Å². The Morgan fingerprint density at radius 2 is 2.06 bits per heavy atom. The van der Waals surface area contributed by atoms with E-state index in [4.69, 9.17) is 16.0 Å². The summed E-state index contributed by atoms with van der Waals surface area (Å²) in [7, 11) is 0. The van der Waals surface area contributed by atoms with Crippen molar-refractivity contribution in [3.63, 3.8) is 0 Å². The molecule has 3 rings (SSSR count). The van der Waals surface area contributed by atoms with Gasteiger partial charge < -0.3 is 9.73 Å². The van der Waals surface area contributed by atoms with Gasteiger partial charge >= 0.3 is 0 Å². The van der Waals surface area contributed by atoms with Crippen molar-refractivity contribution in [3.05, 3.63) is 35.0 Å². The Balaban J connectivity index is 1.88. The van der Waals surface area contributed by atoms with Crippen LogP contribution in [0.1, 0.15) is 24.8 Å². The fourth-order valence-electron chi connectivity index (χ4n) is 2.54. The smallest absolute Gasteiger partial charge is 0.160 e. The minimum atomic E-state index is -1.02. The van der Waals surface area contributed by atoms with E-state index in [1.165, 1.54) is 0 Å². The fraction of sp³-hybridized carbons (Fsp3) is 0.429. The van der Waals surface area contributed by atoms with Crippen LogP contribution in [0.15, 0.2) is 28.7 Å². The molecular formula is C14H15ClFNO. The number of halogens is 2. The van der Waals surface area contributed by atoms with E-state index in [0.29, 0.717) is 16.4 Å². The number of piperidine rings is 1. The maximum atomic E-state index is 14.4. The van der Waals surface area contributed by atoms with E-state index >= 15 is 0 Å². The Morgan fingerprint density at radius 3 is 2.83 bits per heavy atom. The van der Waals surface area contributed by atoms with Crippen molar-refractivity contribution in [2.45, 2.75) is 19.0 Å². The highest BCUT2D eigenvalue weighted by Crippen LogP contribution is 2.35. The molecule has 1 atom stereocenters. The molecule has 1 N–H and O–H groups in total. The Kier molecular flexibility index (Phi) is 3.27. The van der Waals surface area contributed by atoms with Gasteiger partial charge in [-0.1, -0.05) is 11.6 Å². The Bertz CT molecular complexity index is 548. The first-order valence-corrected chi connectivity index (χ1v) is 6.65. The first-order chi connectivity index (χ1) is 8.74. The molecule has 1 fully saturated rings. The summed E-state index contributed by atoms with van der Waals surface area (Å²) in [5, 5.41) is 4.76. The first-order valence-electron chi connectivity index (χ1n) is 6.28. The summed E-state index contributed by atoms with van der Waals surface area (Å²) >= 11 is 5.91. The van der Waals surface area contributed by atoms with Crippen LogP contribution in [0.2, 0.25) is 5.02 Å². The molecule has 1 aliphatic rings. The van der Waals surface area contributed by atoms with Gasteiger partial charge in [0.05, 0.1) is 0 Å². The highest BCUT2D eigenvalue weighted by atomic mass is 35.5. The van der Waals surface area contributed by atoms with Gasteiger partial charge in [-0.25, -0.2) is 4.39 Å². The van der Waals surface area contributed by atoms with Crippen LogP contribution in [0.25, 0.3) is 11.0 Å². The summed E-state index contributed by atoms with van der Waals surface area (Å²) in [4.78, 5) is 0. The average molecular weight is 268 g/mol. The molecule has 1 aliphatic heterocycles. The van der Waals surface area contributed by atoms with Crippen molar-refractivity contribution in [1.82, 2.24) is 5.32 Å². The van der Waals surface area contributed by atoms with Gasteiger partial charge in [-0.15, -0.1) is 0 Å². The topological polar surface area (TPSA) is 25.2 Å². The largest absolute Gasteiger partial charge is 0.458 e. The van der Waals surface area contributed by atoms with Crippen molar-refractivity contribution >= 4 is 22.6 Å². The van der Waals surface area contributed by atoms with Crippen LogP contribution in [0.5, 0.6) is 0 Å². The summed E-state index contributed by atoms with van der Waals surface area (Å²) in [6.07, 6.45) is 0.705. The highest BCUT2D eigenvalue weighted by molar-refractivity contribution is 6.31. The van der Waals surface area contributed by atoms with Crippen molar-refractivity contribution in [2.75, 3.05) is 13.1 Å². The molecule has 0 aliphatic carbocycles. The quantitative estimate of drug-likeness (QED) is 0.886. The molecule has 1 saturated heterocycles. The number of hydrogen-bond acceptors (Lipinski definition) is 2. The molecule has 0 amide bonds. The van der Waals surface area contributed by atoms with Gasteiger partial charge in [0.25, 0.3) is 0 Å².